The molecule has 0 aliphatic carbocycles. The van der Waals surface area contributed by atoms with Crippen molar-refractivity contribution >= 4 is 19.8 Å². The lowest BCUT2D eigenvalue weighted by molar-refractivity contribution is -0.870. The Morgan fingerprint density at radius 1 is 0.508 bits per heavy atom. The maximum absolute atomic E-state index is 12.7. The highest BCUT2D eigenvalue weighted by molar-refractivity contribution is 7.47. The first kappa shape index (κ1) is 59.5. The van der Waals surface area contributed by atoms with E-state index in [9.17, 15) is 19.0 Å². The van der Waals surface area contributed by atoms with Gasteiger partial charge in [0.2, 0.25) is 0 Å². The van der Waals surface area contributed by atoms with Crippen LogP contribution >= 0.6 is 7.82 Å². The topological polar surface area (TPSA) is 108 Å². The summed E-state index contributed by atoms with van der Waals surface area (Å²) >= 11 is 0. The monoisotopic (exact) mass is 885 g/mol. The molecule has 2 atom stereocenters. The van der Waals surface area contributed by atoms with Gasteiger partial charge in [0.25, 0.3) is 0 Å². The van der Waals surface area contributed by atoms with Crippen LogP contribution in [0.2, 0.25) is 0 Å². The minimum absolute atomic E-state index is 0.0280. The van der Waals surface area contributed by atoms with E-state index in [-0.39, 0.29) is 32.0 Å². The second-order valence-corrected chi connectivity index (χ2v) is 20.0. The Bertz CT molecular complexity index is 1090. The Kier molecular flexibility index (Phi) is 42.6. The zero-order valence-corrected chi connectivity index (χ0v) is 41.6. The summed E-state index contributed by atoms with van der Waals surface area (Å²) in [5, 5.41) is 0. The third-order valence-corrected chi connectivity index (χ3v) is 12.2. The molecule has 0 amide bonds. The molecule has 0 saturated carbocycles. The van der Waals surface area contributed by atoms with Crippen molar-refractivity contribution in [3.05, 3.63) is 24.3 Å². The van der Waals surface area contributed by atoms with Gasteiger partial charge in [0.1, 0.15) is 19.8 Å². The third kappa shape index (κ3) is 47.8. The van der Waals surface area contributed by atoms with E-state index in [1.165, 1.54) is 161 Å². The molecule has 360 valence electrons. The van der Waals surface area contributed by atoms with Crippen LogP contribution in [0.4, 0.5) is 0 Å². The fourth-order valence-electron chi connectivity index (χ4n) is 7.22. The predicted molar refractivity (Wildman–Crippen MR) is 257 cm³/mol. The number of unbranched alkanes of at least 4 members (excludes halogenated alkanes) is 29. The van der Waals surface area contributed by atoms with Crippen LogP contribution in [-0.4, -0.2) is 74.9 Å². The van der Waals surface area contributed by atoms with Crippen LogP contribution in [0.5, 0.6) is 0 Å². The minimum atomic E-state index is -4.38. The van der Waals surface area contributed by atoms with Gasteiger partial charge in [-0.15, -0.1) is 0 Å². The number of nitrogens with zero attached hydrogens (tertiary/aromatic N) is 1. The molecule has 1 unspecified atom stereocenters. The van der Waals surface area contributed by atoms with Gasteiger partial charge in [-0.3, -0.25) is 18.6 Å². The SMILES string of the molecule is CCCCCCCC/C=C/C/C=C/CCCCC(=O)O[C@H](COC(=O)CCCCCCCCCCCCCCCCCCCCCCCC)COP(=O)(O)OCC[N+](C)(C)C. The van der Waals surface area contributed by atoms with Gasteiger partial charge in [-0.05, 0) is 44.9 Å². The molecule has 0 aromatic heterocycles. The first-order chi connectivity index (χ1) is 29.5. The minimum Gasteiger partial charge on any atom is -0.462 e. The Morgan fingerprint density at radius 3 is 1.33 bits per heavy atom. The summed E-state index contributed by atoms with van der Waals surface area (Å²) in [6, 6.07) is 0. The third-order valence-electron chi connectivity index (χ3n) is 11.2. The van der Waals surface area contributed by atoms with Crippen molar-refractivity contribution in [3.8, 4) is 0 Å². The Morgan fingerprint density at radius 2 is 0.885 bits per heavy atom. The highest BCUT2D eigenvalue weighted by Crippen LogP contribution is 2.43. The molecule has 0 aliphatic heterocycles. The van der Waals surface area contributed by atoms with Gasteiger partial charge in [-0.2, -0.15) is 0 Å². The number of ether oxygens (including phenoxy) is 2. The largest absolute Gasteiger partial charge is 0.472 e. The molecule has 0 radical (unpaired) electrons. The average Bonchev–Trinajstić information content (AvgIpc) is 3.21. The zero-order chi connectivity index (χ0) is 45.0. The Labute approximate surface area is 377 Å². The normalized spacial score (nSPS) is 13.6. The van der Waals surface area contributed by atoms with Crippen molar-refractivity contribution in [1.29, 1.82) is 0 Å². The molecule has 0 aromatic carbocycles. The summed E-state index contributed by atoms with van der Waals surface area (Å²) in [5.74, 6) is -0.825. The fourth-order valence-corrected chi connectivity index (χ4v) is 7.96. The number of hydrogen-bond acceptors (Lipinski definition) is 7. The Hall–Kier alpha value is -1.51. The van der Waals surface area contributed by atoms with Crippen molar-refractivity contribution in [2.45, 2.75) is 245 Å². The second kappa shape index (κ2) is 43.7. The molecule has 1 N–H and O–H groups in total. The lowest BCUT2D eigenvalue weighted by Gasteiger charge is -2.24. The molecule has 61 heavy (non-hydrogen) atoms. The molecule has 0 fully saturated rings. The number of quaternary nitrogens is 1. The molecule has 0 heterocycles. The van der Waals surface area contributed by atoms with E-state index in [2.05, 4.69) is 38.2 Å². The summed E-state index contributed by atoms with van der Waals surface area (Å²) in [6.45, 7) is 4.42. The number of phosphoric ester groups is 1. The van der Waals surface area contributed by atoms with Crippen LogP contribution in [-0.2, 0) is 32.7 Å². The van der Waals surface area contributed by atoms with E-state index >= 15 is 0 Å². The average molecular weight is 885 g/mol. The first-order valence-electron chi connectivity index (χ1n) is 25.6. The Balaban J connectivity index is 4.22. The van der Waals surface area contributed by atoms with Crippen LogP contribution in [0.15, 0.2) is 24.3 Å². The maximum atomic E-state index is 12.7. The number of phosphoric acid groups is 1. The molecular formula is C51H99NO8P+. The number of hydrogen-bond donors (Lipinski definition) is 1. The van der Waals surface area contributed by atoms with Gasteiger partial charge < -0.3 is 18.9 Å². The van der Waals surface area contributed by atoms with E-state index in [0.29, 0.717) is 17.4 Å². The first-order valence-corrected chi connectivity index (χ1v) is 27.1. The summed E-state index contributed by atoms with van der Waals surface area (Å²) in [7, 11) is 1.47. The summed E-state index contributed by atoms with van der Waals surface area (Å²) in [4.78, 5) is 35.5. The van der Waals surface area contributed by atoms with Crippen LogP contribution in [0.25, 0.3) is 0 Å². The molecule has 0 aromatic rings. The highest BCUT2D eigenvalue weighted by atomic mass is 31.2. The summed E-state index contributed by atoms with van der Waals surface area (Å²) < 4.78 is 34.4. The van der Waals surface area contributed by atoms with E-state index in [1.807, 2.05) is 21.1 Å². The van der Waals surface area contributed by atoms with Gasteiger partial charge in [-0.1, -0.05) is 205 Å². The number of carbonyl (C=O) groups excluding carboxylic acids is 2. The van der Waals surface area contributed by atoms with Crippen LogP contribution in [0, 0.1) is 0 Å². The fraction of sp³-hybridized carbons (Fsp3) is 0.882. The van der Waals surface area contributed by atoms with Gasteiger partial charge in [0.15, 0.2) is 6.10 Å². The van der Waals surface area contributed by atoms with Crippen molar-refractivity contribution < 1.29 is 42.1 Å². The standard InChI is InChI=1S/C51H98NO8P/c1-6-8-10-12-14-16-18-20-22-23-24-25-26-27-28-30-31-33-35-37-39-41-43-50(53)57-47-49(48-59-61(55,56)58-46-45-52(3,4)5)60-51(54)44-42-40-38-36-34-32-29-21-19-17-15-13-11-9-7-2/h21,29,34,36,49H,6-20,22-28,30-33,35,37-48H2,1-5H3/p+1/b29-21+,36-34+/t49-/m1/s1. The maximum Gasteiger partial charge on any atom is 0.472 e. The predicted octanol–water partition coefficient (Wildman–Crippen LogP) is 15.1. The molecule has 0 bridgehead atoms. The van der Waals surface area contributed by atoms with Gasteiger partial charge in [-0.25, -0.2) is 4.57 Å². The number of carbonyl (C=O) groups is 2. The number of esters is 2. The molecule has 0 rings (SSSR count). The number of rotatable bonds is 47. The number of likely N-dealkylation sites (N-methyl/N-ethyl adjacent to an activating group) is 1. The molecule has 0 aliphatic rings. The molecule has 0 spiro atoms. The lowest BCUT2D eigenvalue weighted by atomic mass is 10.0. The van der Waals surface area contributed by atoms with Crippen LogP contribution in [0.3, 0.4) is 0 Å². The highest BCUT2D eigenvalue weighted by Gasteiger charge is 2.27. The van der Waals surface area contributed by atoms with Crippen molar-refractivity contribution in [3.63, 3.8) is 0 Å². The van der Waals surface area contributed by atoms with Crippen molar-refractivity contribution in [2.75, 3.05) is 47.5 Å². The zero-order valence-electron chi connectivity index (χ0n) is 40.7. The molecule has 9 nitrogen and oxygen atoms in total. The van der Waals surface area contributed by atoms with E-state index in [0.717, 1.165) is 44.9 Å². The van der Waals surface area contributed by atoms with Gasteiger partial charge >= 0.3 is 19.8 Å². The van der Waals surface area contributed by atoms with E-state index < -0.39 is 26.5 Å². The summed E-state index contributed by atoms with van der Waals surface area (Å²) in [6.07, 6.45) is 49.5. The molecule has 10 heteroatoms. The van der Waals surface area contributed by atoms with E-state index in [1.54, 1.807) is 0 Å². The van der Waals surface area contributed by atoms with Crippen LogP contribution < -0.4 is 0 Å². The quantitative estimate of drug-likeness (QED) is 0.0212. The van der Waals surface area contributed by atoms with Crippen LogP contribution in [0.1, 0.15) is 239 Å². The molecule has 0 saturated heterocycles. The van der Waals surface area contributed by atoms with Gasteiger partial charge in [0.05, 0.1) is 27.7 Å². The lowest BCUT2D eigenvalue weighted by Crippen LogP contribution is -2.37. The van der Waals surface area contributed by atoms with Crippen molar-refractivity contribution in [2.24, 2.45) is 0 Å². The number of allylic oxidation sites excluding steroid dienone is 4. The van der Waals surface area contributed by atoms with E-state index in [4.69, 9.17) is 18.5 Å². The van der Waals surface area contributed by atoms with Gasteiger partial charge in [0, 0.05) is 12.8 Å². The smallest absolute Gasteiger partial charge is 0.462 e. The molecular weight excluding hydrogens is 786 g/mol. The van der Waals surface area contributed by atoms with Crippen molar-refractivity contribution in [1.82, 2.24) is 0 Å². The second-order valence-electron chi connectivity index (χ2n) is 18.6. The summed E-state index contributed by atoms with van der Waals surface area (Å²) in [5.41, 5.74) is 0.